The van der Waals surface area contributed by atoms with E-state index in [1.807, 2.05) is 31.2 Å². The molecule has 0 N–H and O–H groups in total. The van der Waals surface area contributed by atoms with Crippen molar-refractivity contribution in [3.05, 3.63) is 48.8 Å². The van der Waals surface area contributed by atoms with Crippen molar-refractivity contribution in [2.24, 2.45) is 5.92 Å². The van der Waals surface area contributed by atoms with E-state index in [4.69, 9.17) is 4.74 Å². The van der Waals surface area contributed by atoms with Crippen LogP contribution in [0.15, 0.2) is 48.8 Å². The molecule has 0 saturated heterocycles. The number of allylic oxidation sites excluding steroid dienone is 4. The third-order valence-electron chi connectivity index (χ3n) is 1.80. The van der Waals surface area contributed by atoms with Gasteiger partial charge in [0.15, 0.2) is 0 Å². The zero-order valence-electron chi connectivity index (χ0n) is 7.42. The molecule has 0 aromatic carbocycles. The van der Waals surface area contributed by atoms with Crippen molar-refractivity contribution in [2.75, 3.05) is 6.61 Å². The summed E-state index contributed by atoms with van der Waals surface area (Å²) in [4.78, 5) is 0. The van der Waals surface area contributed by atoms with Gasteiger partial charge in [-0.2, -0.15) is 0 Å². The molecular weight excluding hydrogens is 148 g/mol. The van der Waals surface area contributed by atoms with Crippen LogP contribution in [0, 0.1) is 5.92 Å². The topological polar surface area (TPSA) is 9.23 Å². The highest BCUT2D eigenvalue weighted by Gasteiger charge is 2.13. The third kappa shape index (κ3) is 1.88. The second-order valence-electron chi connectivity index (χ2n) is 2.70. The molecule has 0 radical (unpaired) electrons. The molecule has 0 aromatic rings. The molecule has 1 aliphatic carbocycles. The van der Waals surface area contributed by atoms with Crippen molar-refractivity contribution in [3.8, 4) is 0 Å². The summed E-state index contributed by atoms with van der Waals surface area (Å²) in [7, 11) is 0. The summed E-state index contributed by atoms with van der Waals surface area (Å²) in [5, 5.41) is 0. The van der Waals surface area contributed by atoms with Crippen LogP contribution in [0.25, 0.3) is 0 Å². The van der Waals surface area contributed by atoms with Crippen LogP contribution >= 0.6 is 0 Å². The van der Waals surface area contributed by atoms with E-state index >= 15 is 0 Å². The van der Waals surface area contributed by atoms with Crippen molar-refractivity contribution in [1.82, 2.24) is 0 Å². The van der Waals surface area contributed by atoms with Gasteiger partial charge in [0.25, 0.3) is 0 Å². The SMILES string of the molecule is C=C1C=CC=CC1C(=C)OCC. The summed E-state index contributed by atoms with van der Waals surface area (Å²) in [6.45, 7) is 10.4. The first kappa shape index (κ1) is 8.85. The minimum Gasteiger partial charge on any atom is -0.498 e. The quantitative estimate of drug-likeness (QED) is 0.580. The Kier molecular flexibility index (Phi) is 2.92. The number of ether oxygens (including phenoxy) is 1. The van der Waals surface area contributed by atoms with E-state index < -0.39 is 0 Å². The van der Waals surface area contributed by atoms with Crippen LogP contribution in [0.1, 0.15) is 6.92 Å². The molecule has 0 fully saturated rings. The lowest BCUT2D eigenvalue weighted by Crippen LogP contribution is -2.06. The standard InChI is InChI=1S/C11H14O/c1-4-12-10(3)11-8-6-5-7-9(11)2/h5-8,11H,2-4H2,1H3. The Labute approximate surface area is 73.7 Å². The van der Waals surface area contributed by atoms with E-state index in [0.29, 0.717) is 6.61 Å². The van der Waals surface area contributed by atoms with Crippen LogP contribution in [0.2, 0.25) is 0 Å². The highest BCUT2D eigenvalue weighted by molar-refractivity contribution is 5.35. The third-order valence-corrected chi connectivity index (χ3v) is 1.80. The van der Waals surface area contributed by atoms with Gasteiger partial charge < -0.3 is 4.74 Å². The molecule has 0 heterocycles. The zero-order chi connectivity index (χ0) is 8.97. The molecule has 1 rings (SSSR count). The van der Waals surface area contributed by atoms with E-state index in [1.165, 1.54) is 0 Å². The van der Waals surface area contributed by atoms with Gasteiger partial charge in [-0.1, -0.05) is 37.5 Å². The number of hydrogen-bond donors (Lipinski definition) is 0. The fourth-order valence-corrected chi connectivity index (χ4v) is 1.17. The molecule has 0 bridgehead atoms. The maximum absolute atomic E-state index is 5.31. The summed E-state index contributed by atoms with van der Waals surface area (Å²) in [5.74, 6) is 0.943. The van der Waals surface area contributed by atoms with Gasteiger partial charge in [-0.05, 0) is 12.5 Å². The lowest BCUT2D eigenvalue weighted by Gasteiger charge is -2.18. The van der Waals surface area contributed by atoms with E-state index in [-0.39, 0.29) is 5.92 Å². The highest BCUT2D eigenvalue weighted by Crippen LogP contribution is 2.24. The maximum Gasteiger partial charge on any atom is 0.100 e. The molecule has 0 aromatic heterocycles. The van der Waals surface area contributed by atoms with Crippen LogP contribution < -0.4 is 0 Å². The van der Waals surface area contributed by atoms with Gasteiger partial charge >= 0.3 is 0 Å². The van der Waals surface area contributed by atoms with E-state index in [1.54, 1.807) is 0 Å². The molecule has 1 atom stereocenters. The average Bonchev–Trinajstić information content (AvgIpc) is 2.05. The zero-order valence-corrected chi connectivity index (χ0v) is 7.42. The second kappa shape index (κ2) is 3.96. The van der Waals surface area contributed by atoms with Gasteiger partial charge in [0.2, 0.25) is 0 Å². The lowest BCUT2D eigenvalue weighted by atomic mass is 9.95. The lowest BCUT2D eigenvalue weighted by molar-refractivity contribution is 0.212. The summed E-state index contributed by atoms with van der Waals surface area (Å²) < 4.78 is 5.31. The van der Waals surface area contributed by atoms with E-state index in [2.05, 4.69) is 13.2 Å². The molecule has 0 saturated carbocycles. The Morgan fingerprint density at radius 1 is 1.58 bits per heavy atom. The smallest absolute Gasteiger partial charge is 0.100 e. The molecule has 64 valence electrons. The predicted molar refractivity (Wildman–Crippen MR) is 51.7 cm³/mol. The molecular formula is C11H14O. The molecule has 1 aliphatic rings. The van der Waals surface area contributed by atoms with Crippen LogP contribution in [0.5, 0.6) is 0 Å². The van der Waals surface area contributed by atoms with Crippen LogP contribution in [-0.4, -0.2) is 6.61 Å². The molecule has 1 unspecified atom stereocenters. The van der Waals surface area contributed by atoms with Crippen LogP contribution in [-0.2, 0) is 4.74 Å². The molecule has 0 amide bonds. The Morgan fingerprint density at radius 3 is 2.92 bits per heavy atom. The molecule has 0 aliphatic heterocycles. The number of hydrogen-bond acceptors (Lipinski definition) is 1. The Morgan fingerprint density at radius 2 is 2.33 bits per heavy atom. The summed E-state index contributed by atoms with van der Waals surface area (Å²) >= 11 is 0. The molecule has 1 heteroatoms. The van der Waals surface area contributed by atoms with Crippen molar-refractivity contribution >= 4 is 0 Å². The van der Waals surface area contributed by atoms with Crippen molar-refractivity contribution in [3.63, 3.8) is 0 Å². The number of rotatable bonds is 3. The Hall–Kier alpha value is -1.24. The maximum atomic E-state index is 5.31. The monoisotopic (exact) mass is 162 g/mol. The van der Waals surface area contributed by atoms with Crippen molar-refractivity contribution in [2.45, 2.75) is 6.92 Å². The first-order valence-electron chi connectivity index (χ1n) is 4.11. The molecule has 0 spiro atoms. The van der Waals surface area contributed by atoms with Gasteiger partial charge in [-0.3, -0.25) is 0 Å². The highest BCUT2D eigenvalue weighted by atomic mass is 16.5. The minimum atomic E-state index is 0.162. The molecule has 12 heavy (non-hydrogen) atoms. The second-order valence-corrected chi connectivity index (χ2v) is 2.70. The van der Waals surface area contributed by atoms with Gasteiger partial charge in [0, 0.05) is 0 Å². The van der Waals surface area contributed by atoms with Crippen molar-refractivity contribution in [1.29, 1.82) is 0 Å². The van der Waals surface area contributed by atoms with Gasteiger partial charge in [-0.25, -0.2) is 0 Å². The Bertz CT molecular complexity index is 246. The first-order chi connectivity index (χ1) is 5.75. The van der Waals surface area contributed by atoms with Gasteiger partial charge in [0.05, 0.1) is 12.5 Å². The van der Waals surface area contributed by atoms with Crippen LogP contribution in [0.4, 0.5) is 0 Å². The van der Waals surface area contributed by atoms with Crippen molar-refractivity contribution < 1.29 is 4.74 Å². The molecule has 1 nitrogen and oxygen atoms in total. The normalized spacial score (nSPS) is 21.1. The Balaban J connectivity index is 2.63. The predicted octanol–water partition coefficient (Wildman–Crippen LogP) is 2.84. The van der Waals surface area contributed by atoms with Crippen LogP contribution in [0.3, 0.4) is 0 Å². The summed E-state index contributed by atoms with van der Waals surface area (Å²) in [6, 6.07) is 0. The first-order valence-corrected chi connectivity index (χ1v) is 4.11. The van der Waals surface area contributed by atoms with E-state index in [9.17, 15) is 0 Å². The summed E-state index contributed by atoms with van der Waals surface area (Å²) in [5.41, 5.74) is 1.04. The van der Waals surface area contributed by atoms with Gasteiger partial charge in [-0.15, -0.1) is 0 Å². The van der Waals surface area contributed by atoms with Gasteiger partial charge in [0.1, 0.15) is 5.76 Å². The average molecular weight is 162 g/mol. The fourth-order valence-electron chi connectivity index (χ4n) is 1.17. The minimum absolute atomic E-state index is 0.162. The summed E-state index contributed by atoms with van der Waals surface area (Å²) in [6.07, 6.45) is 7.98. The van der Waals surface area contributed by atoms with E-state index in [0.717, 1.165) is 11.3 Å². The largest absolute Gasteiger partial charge is 0.498 e. The fraction of sp³-hybridized carbons (Fsp3) is 0.273.